The third-order valence-electron chi connectivity index (χ3n) is 3.06. The number of carbonyl (C=O) groups excluding carboxylic acids is 1. The predicted molar refractivity (Wildman–Crippen MR) is 83.6 cm³/mol. The quantitative estimate of drug-likeness (QED) is 0.750. The molecule has 1 aromatic carbocycles. The Balaban J connectivity index is 1.98. The zero-order valence-electron chi connectivity index (χ0n) is 12.3. The van der Waals surface area contributed by atoms with Crippen LogP contribution in [0.3, 0.4) is 0 Å². The Labute approximate surface area is 135 Å². The van der Waals surface area contributed by atoms with Crippen molar-refractivity contribution < 1.29 is 17.9 Å². The van der Waals surface area contributed by atoms with Gasteiger partial charge in [-0.25, -0.2) is 13.1 Å². The van der Waals surface area contributed by atoms with Gasteiger partial charge in [-0.05, 0) is 37.5 Å². The number of nitrogens with one attached hydrogen (secondary N) is 2. The molecule has 1 aromatic rings. The first-order valence-electron chi connectivity index (χ1n) is 7.13. The van der Waals surface area contributed by atoms with Crippen LogP contribution in [0.4, 0.5) is 0 Å². The first kappa shape index (κ1) is 17.1. The van der Waals surface area contributed by atoms with Crippen molar-refractivity contribution in [3.8, 4) is 5.75 Å². The van der Waals surface area contributed by atoms with Crippen molar-refractivity contribution in [2.24, 2.45) is 0 Å². The summed E-state index contributed by atoms with van der Waals surface area (Å²) in [4.78, 5) is 11.6. The molecule has 0 aliphatic heterocycles. The van der Waals surface area contributed by atoms with Crippen LogP contribution in [0.15, 0.2) is 23.1 Å². The van der Waals surface area contributed by atoms with E-state index in [1.54, 1.807) is 0 Å². The SMILES string of the molecule is CCCNS(=O)(=O)c1ccc(OCC(=O)NC2CC2)c(Cl)c1. The fraction of sp³-hybridized carbons (Fsp3) is 0.500. The fourth-order valence-electron chi connectivity index (χ4n) is 1.73. The maximum Gasteiger partial charge on any atom is 0.258 e. The molecule has 0 heterocycles. The van der Waals surface area contributed by atoms with Gasteiger partial charge >= 0.3 is 0 Å². The van der Waals surface area contributed by atoms with Gasteiger partial charge in [0.2, 0.25) is 10.0 Å². The second-order valence-corrected chi connectivity index (χ2v) is 7.29. The molecule has 0 radical (unpaired) electrons. The van der Waals surface area contributed by atoms with Crippen LogP contribution in [0.5, 0.6) is 5.75 Å². The lowest BCUT2D eigenvalue weighted by atomic mass is 10.3. The molecule has 2 N–H and O–H groups in total. The molecule has 1 fully saturated rings. The van der Waals surface area contributed by atoms with Gasteiger partial charge in [0.1, 0.15) is 5.75 Å². The summed E-state index contributed by atoms with van der Waals surface area (Å²) in [5.41, 5.74) is 0. The maximum absolute atomic E-state index is 12.0. The molecule has 1 amide bonds. The number of rotatable bonds is 8. The highest BCUT2D eigenvalue weighted by Gasteiger charge is 2.23. The molecule has 2 rings (SSSR count). The van der Waals surface area contributed by atoms with Gasteiger partial charge < -0.3 is 10.1 Å². The van der Waals surface area contributed by atoms with E-state index in [2.05, 4.69) is 10.0 Å². The van der Waals surface area contributed by atoms with E-state index in [-0.39, 0.29) is 34.2 Å². The summed E-state index contributed by atoms with van der Waals surface area (Å²) in [5.74, 6) is 0.0712. The van der Waals surface area contributed by atoms with E-state index in [1.165, 1.54) is 18.2 Å². The highest BCUT2D eigenvalue weighted by molar-refractivity contribution is 7.89. The summed E-state index contributed by atoms with van der Waals surface area (Å²) < 4.78 is 31.7. The van der Waals surface area contributed by atoms with Crippen LogP contribution in [0.2, 0.25) is 5.02 Å². The highest BCUT2D eigenvalue weighted by atomic mass is 35.5. The summed E-state index contributed by atoms with van der Waals surface area (Å²) in [6, 6.07) is 4.43. The van der Waals surface area contributed by atoms with Crippen LogP contribution in [-0.2, 0) is 14.8 Å². The van der Waals surface area contributed by atoms with Gasteiger partial charge in [-0.15, -0.1) is 0 Å². The molecule has 1 aliphatic rings. The number of amides is 1. The molecule has 6 nitrogen and oxygen atoms in total. The molecule has 122 valence electrons. The second-order valence-electron chi connectivity index (χ2n) is 5.12. The van der Waals surface area contributed by atoms with Crippen LogP contribution >= 0.6 is 11.6 Å². The van der Waals surface area contributed by atoms with E-state index in [4.69, 9.17) is 16.3 Å². The third-order valence-corrected chi connectivity index (χ3v) is 4.81. The molecule has 8 heteroatoms. The van der Waals surface area contributed by atoms with Gasteiger partial charge in [0.05, 0.1) is 9.92 Å². The monoisotopic (exact) mass is 346 g/mol. The molecule has 0 bridgehead atoms. The number of benzene rings is 1. The summed E-state index contributed by atoms with van der Waals surface area (Å²) in [7, 11) is -3.57. The molecular formula is C14H19ClN2O4S. The molecule has 0 aromatic heterocycles. The third kappa shape index (κ3) is 4.86. The average Bonchev–Trinajstić information content (AvgIpc) is 3.27. The van der Waals surface area contributed by atoms with Gasteiger partial charge in [0, 0.05) is 12.6 Å². The van der Waals surface area contributed by atoms with E-state index >= 15 is 0 Å². The van der Waals surface area contributed by atoms with Gasteiger partial charge in [0.25, 0.3) is 5.91 Å². The lowest BCUT2D eigenvalue weighted by Gasteiger charge is -2.10. The van der Waals surface area contributed by atoms with Crippen molar-refractivity contribution >= 4 is 27.5 Å². The van der Waals surface area contributed by atoms with E-state index in [0.29, 0.717) is 13.0 Å². The van der Waals surface area contributed by atoms with Crippen LogP contribution in [0, 0.1) is 0 Å². The molecular weight excluding hydrogens is 328 g/mol. The smallest absolute Gasteiger partial charge is 0.258 e. The van der Waals surface area contributed by atoms with Crippen molar-refractivity contribution in [3.63, 3.8) is 0 Å². The minimum atomic E-state index is -3.57. The lowest BCUT2D eigenvalue weighted by molar-refractivity contribution is -0.123. The minimum absolute atomic E-state index is 0.0701. The van der Waals surface area contributed by atoms with Crippen molar-refractivity contribution in [1.29, 1.82) is 0 Å². The zero-order valence-corrected chi connectivity index (χ0v) is 13.8. The van der Waals surface area contributed by atoms with Crippen LogP contribution < -0.4 is 14.8 Å². The molecule has 0 saturated heterocycles. The van der Waals surface area contributed by atoms with Crippen LogP contribution in [0.25, 0.3) is 0 Å². The number of halogens is 1. The van der Waals surface area contributed by atoms with E-state index in [9.17, 15) is 13.2 Å². The molecule has 0 spiro atoms. The van der Waals surface area contributed by atoms with Gasteiger partial charge in [0.15, 0.2) is 6.61 Å². The zero-order chi connectivity index (χ0) is 16.2. The number of hydrogen-bond donors (Lipinski definition) is 2. The second kappa shape index (κ2) is 7.30. The Kier molecular flexibility index (Phi) is 5.66. The summed E-state index contributed by atoms with van der Waals surface area (Å²) >= 11 is 6.02. The number of ether oxygens (including phenoxy) is 1. The lowest BCUT2D eigenvalue weighted by Crippen LogP contribution is -2.30. The Morgan fingerprint density at radius 3 is 2.73 bits per heavy atom. The number of sulfonamides is 1. The van der Waals surface area contributed by atoms with E-state index in [0.717, 1.165) is 12.8 Å². The Bertz CT molecular complexity index is 644. The normalized spacial score (nSPS) is 14.6. The largest absolute Gasteiger partial charge is 0.482 e. The van der Waals surface area contributed by atoms with Crippen molar-refractivity contribution in [2.75, 3.05) is 13.2 Å². The Morgan fingerprint density at radius 2 is 2.14 bits per heavy atom. The number of carbonyl (C=O) groups is 1. The highest BCUT2D eigenvalue weighted by Crippen LogP contribution is 2.27. The van der Waals surface area contributed by atoms with Crippen LogP contribution in [0.1, 0.15) is 26.2 Å². The molecule has 0 unspecified atom stereocenters. The van der Waals surface area contributed by atoms with E-state index < -0.39 is 10.0 Å². The van der Waals surface area contributed by atoms with Gasteiger partial charge in [-0.1, -0.05) is 18.5 Å². The summed E-state index contributed by atoms with van der Waals surface area (Å²) in [6.07, 6.45) is 2.71. The van der Waals surface area contributed by atoms with Gasteiger partial charge in [-0.2, -0.15) is 0 Å². The van der Waals surface area contributed by atoms with Gasteiger partial charge in [-0.3, -0.25) is 4.79 Å². The first-order chi connectivity index (χ1) is 10.4. The average molecular weight is 347 g/mol. The maximum atomic E-state index is 12.0. The Hall–Kier alpha value is -1.31. The van der Waals surface area contributed by atoms with Crippen molar-refractivity contribution in [3.05, 3.63) is 23.2 Å². The molecule has 22 heavy (non-hydrogen) atoms. The standard InChI is InChI=1S/C14H19ClN2O4S/c1-2-7-16-22(19,20)11-5-6-13(12(15)8-11)21-9-14(18)17-10-3-4-10/h5-6,8,10,16H,2-4,7,9H2,1H3,(H,17,18). The topological polar surface area (TPSA) is 84.5 Å². The van der Waals surface area contributed by atoms with Crippen LogP contribution in [-0.4, -0.2) is 33.5 Å². The molecule has 1 aliphatic carbocycles. The summed E-state index contributed by atoms with van der Waals surface area (Å²) in [6.45, 7) is 2.09. The molecule has 0 atom stereocenters. The van der Waals surface area contributed by atoms with E-state index in [1.807, 2.05) is 6.92 Å². The van der Waals surface area contributed by atoms with Crippen molar-refractivity contribution in [1.82, 2.24) is 10.0 Å². The Morgan fingerprint density at radius 1 is 1.41 bits per heavy atom. The number of hydrogen-bond acceptors (Lipinski definition) is 4. The predicted octanol–water partition coefficient (Wildman–Crippen LogP) is 1.69. The fourth-order valence-corrected chi connectivity index (χ4v) is 3.19. The summed E-state index contributed by atoms with van der Waals surface area (Å²) in [5, 5.41) is 2.94. The van der Waals surface area contributed by atoms with Crippen molar-refractivity contribution in [2.45, 2.75) is 37.1 Å². The molecule has 1 saturated carbocycles. The first-order valence-corrected chi connectivity index (χ1v) is 9.00. The minimum Gasteiger partial charge on any atom is -0.482 e.